The number of nitrogens with zero attached hydrogens (tertiary/aromatic N) is 3. The van der Waals surface area contributed by atoms with Gasteiger partial charge >= 0.3 is 12.1 Å². The molecule has 4 N–H and O–H groups in total. The third-order valence-electron chi connectivity index (χ3n) is 4.95. The fourth-order valence-electron chi connectivity index (χ4n) is 3.41. The van der Waals surface area contributed by atoms with Crippen LogP contribution < -0.4 is 21.1 Å². The van der Waals surface area contributed by atoms with E-state index in [1.807, 2.05) is 32.9 Å². The number of hydrogen-bond acceptors (Lipinski definition) is 10. The van der Waals surface area contributed by atoms with Gasteiger partial charge in [-0.25, -0.2) is 14.6 Å². The van der Waals surface area contributed by atoms with Crippen molar-refractivity contribution in [3.63, 3.8) is 0 Å². The second-order valence-corrected chi connectivity index (χ2v) is 8.76. The highest BCUT2D eigenvalue weighted by molar-refractivity contribution is 5.96. The van der Waals surface area contributed by atoms with Gasteiger partial charge in [-0.3, -0.25) is 0 Å². The molecule has 1 aromatic heterocycles. The van der Waals surface area contributed by atoms with Gasteiger partial charge in [0, 0.05) is 19.1 Å². The van der Waals surface area contributed by atoms with Crippen LogP contribution in [0.4, 0.5) is 27.9 Å². The molecule has 1 aliphatic heterocycles. The Hall–Kier alpha value is -3.76. The zero-order chi connectivity index (χ0) is 24.9. The number of benzene rings is 1. The summed E-state index contributed by atoms with van der Waals surface area (Å²) >= 11 is 0. The normalized spacial score (nSPS) is 15.6. The summed E-state index contributed by atoms with van der Waals surface area (Å²) < 4.78 is 15.9. The maximum atomic E-state index is 12.5. The molecule has 1 saturated heterocycles. The quantitative estimate of drug-likeness (QED) is 0.513. The van der Waals surface area contributed by atoms with E-state index in [2.05, 4.69) is 20.6 Å². The fraction of sp³-hybridized carbons (Fsp3) is 0.478. The molecule has 0 saturated carbocycles. The summed E-state index contributed by atoms with van der Waals surface area (Å²) in [6, 6.07) is 7.12. The number of nitrogens with one attached hydrogen (secondary N) is 2. The molecule has 1 aromatic carbocycles. The zero-order valence-electron chi connectivity index (χ0n) is 20.2. The van der Waals surface area contributed by atoms with E-state index in [1.54, 1.807) is 31.1 Å². The summed E-state index contributed by atoms with van der Waals surface area (Å²) in [5, 5.41) is 6.32. The van der Waals surface area contributed by atoms with Crippen molar-refractivity contribution < 1.29 is 23.8 Å². The van der Waals surface area contributed by atoms with E-state index in [-0.39, 0.29) is 41.9 Å². The molecule has 34 heavy (non-hydrogen) atoms. The van der Waals surface area contributed by atoms with E-state index >= 15 is 0 Å². The average molecular weight is 473 g/mol. The molecule has 11 heteroatoms. The first-order chi connectivity index (χ1) is 16.1. The van der Waals surface area contributed by atoms with Crippen molar-refractivity contribution in [3.8, 4) is 5.75 Å². The molecule has 2 heterocycles. The lowest BCUT2D eigenvalue weighted by atomic mass is 10.2. The molecule has 11 nitrogen and oxygen atoms in total. The first-order valence-corrected chi connectivity index (χ1v) is 11.1. The Bertz CT molecular complexity index is 1040. The number of esters is 1. The third-order valence-corrected chi connectivity index (χ3v) is 4.95. The lowest BCUT2D eigenvalue weighted by Gasteiger charge is -2.24. The Kier molecular flexibility index (Phi) is 7.64. The van der Waals surface area contributed by atoms with E-state index in [4.69, 9.17) is 19.9 Å². The maximum absolute atomic E-state index is 12.5. The van der Waals surface area contributed by atoms with Gasteiger partial charge in [-0.2, -0.15) is 4.98 Å². The SMILES string of the molecule is CCOC(=O)c1nc(NC2CCN(C(=O)OC(C)(C)C)C2)nc(Nc2ccccc2OC)c1N. The number of anilines is 4. The summed E-state index contributed by atoms with van der Waals surface area (Å²) in [7, 11) is 1.55. The number of rotatable bonds is 7. The van der Waals surface area contributed by atoms with Crippen LogP contribution >= 0.6 is 0 Å². The Morgan fingerprint density at radius 2 is 1.97 bits per heavy atom. The van der Waals surface area contributed by atoms with Gasteiger partial charge in [-0.1, -0.05) is 12.1 Å². The van der Waals surface area contributed by atoms with E-state index < -0.39 is 11.6 Å². The van der Waals surface area contributed by atoms with Crippen LogP contribution in [0, 0.1) is 0 Å². The predicted molar refractivity (Wildman–Crippen MR) is 129 cm³/mol. The van der Waals surface area contributed by atoms with Crippen LogP contribution in [0.3, 0.4) is 0 Å². The number of hydrogen-bond donors (Lipinski definition) is 3. The molecule has 0 aliphatic carbocycles. The van der Waals surface area contributed by atoms with Gasteiger partial charge in [-0.15, -0.1) is 0 Å². The molecule has 3 rings (SSSR count). The maximum Gasteiger partial charge on any atom is 0.410 e. The van der Waals surface area contributed by atoms with Gasteiger partial charge in [0.2, 0.25) is 5.95 Å². The predicted octanol–water partition coefficient (Wildman–Crippen LogP) is 3.41. The van der Waals surface area contributed by atoms with E-state index in [1.165, 1.54) is 0 Å². The zero-order valence-corrected chi connectivity index (χ0v) is 20.2. The van der Waals surface area contributed by atoms with Crippen LogP contribution in [-0.2, 0) is 9.47 Å². The third kappa shape index (κ3) is 6.18. The Morgan fingerprint density at radius 1 is 1.24 bits per heavy atom. The molecule has 0 radical (unpaired) electrons. The van der Waals surface area contributed by atoms with Crippen LogP contribution in [0.15, 0.2) is 24.3 Å². The summed E-state index contributed by atoms with van der Waals surface area (Å²) in [5.74, 6) is 0.338. The summed E-state index contributed by atoms with van der Waals surface area (Å²) in [5.41, 5.74) is 6.27. The first-order valence-electron chi connectivity index (χ1n) is 11.1. The van der Waals surface area contributed by atoms with Crippen molar-refractivity contribution in [1.29, 1.82) is 0 Å². The Morgan fingerprint density at radius 3 is 2.65 bits per heavy atom. The molecule has 1 aliphatic rings. The van der Waals surface area contributed by atoms with Crippen LogP contribution in [0.2, 0.25) is 0 Å². The number of methoxy groups -OCH3 is 1. The summed E-state index contributed by atoms with van der Waals surface area (Å²) in [4.78, 5) is 35.3. The number of carbonyl (C=O) groups is 2. The first kappa shape index (κ1) is 24.9. The topological polar surface area (TPSA) is 141 Å². The van der Waals surface area contributed by atoms with Gasteiger partial charge in [0.15, 0.2) is 11.5 Å². The number of para-hydroxylation sites is 2. The van der Waals surface area contributed by atoms with E-state index in [0.29, 0.717) is 30.9 Å². The van der Waals surface area contributed by atoms with Crippen molar-refractivity contribution in [3.05, 3.63) is 30.0 Å². The van der Waals surface area contributed by atoms with Crippen LogP contribution in [0.25, 0.3) is 0 Å². The highest BCUT2D eigenvalue weighted by atomic mass is 16.6. The number of carbonyl (C=O) groups excluding carboxylic acids is 2. The minimum atomic E-state index is -0.657. The smallest absolute Gasteiger partial charge is 0.410 e. The minimum Gasteiger partial charge on any atom is -0.495 e. The standard InChI is InChI=1S/C23H32N6O5/c1-6-33-20(30)18-17(24)19(26-15-9-7-8-10-16(15)32-5)28-21(27-18)25-14-11-12-29(13-14)22(31)34-23(2,3)4/h7-10,14H,6,11-13,24H2,1-5H3,(H2,25,26,27,28). The van der Waals surface area contributed by atoms with Crippen molar-refractivity contribution in [2.75, 3.05) is 43.2 Å². The van der Waals surface area contributed by atoms with Gasteiger partial charge in [0.05, 0.1) is 19.4 Å². The molecule has 0 bridgehead atoms. The van der Waals surface area contributed by atoms with Crippen molar-refractivity contribution in [2.45, 2.75) is 45.8 Å². The lowest BCUT2D eigenvalue weighted by Crippen LogP contribution is -2.36. The number of nitrogen functional groups attached to an aromatic ring is 1. The van der Waals surface area contributed by atoms with Gasteiger partial charge in [0.25, 0.3) is 0 Å². The molecule has 2 aromatic rings. The number of nitrogens with two attached hydrogens (primary N) is 1. The van der Waals surface area contributed by atoms with Crippen LogP contribution in [0.5, 0.6) is 5.75 Å². The number of aromatic nitrogens is 2. The van der Waals surface area contributed by atoms with Crippen LogP contribution in [0.1, 0.15) is 44.6 Å². The van der Waals surface area contributed by atoms with E-state index in [9.17, 15) is 9.59 Å². The minimum absolute atomic E-state index is 0.0525. The second kappa shape index (κ2) is 10.4. The molecular weight excluding hydrogens is 440 g/mol. The molecule has 0 spiro atoms. The van der Waals surface area contributed by atoms with E-state index in [0.717, 1.165) is 0 Å². The molecule has 1 amide bonds. The molecule has 1 unspecified atom stereocenters. The fourth-order valence-corrected chi connectivity index (χ4v) is 3.41. The molecule has 1 fully saturated rings. The number of amides is 1. The Labute approximate surface area is 199 Å². The second-order valence-electron chi connectivity index (χ2n) is 8.76. The van der Waals surface area contributed by atoms with Gasteiger partial charge in [0.1, 0.15) is 17.0 Å². The molecule has 184 valence electrons. The van der Waals surface area contributed by atoms with Crippen molar-refractivity contribution in [1.82, 2.24) is 14.9 Å². The largest absolute Gasteiger partial charge is 0.495 e. The average Bonchev–Trinajstić information content (AvgIpc) is 3.24. The van der Waals surface area contributed by atoms with Gasteiger partial charge < -0.3 is 35.5 Å². The summed E-state index contributed by atoms with van der Waals surface area (Å²) in [6.45, 7) is 8.29. The molecule has 1 atom stereocenters. The van der Waals surface area contributed by atoms with Crippen molar-refractivity contribution >= 4 is 35.2 Å². The van der Waals surface area contributed by atoms with Gasteiger partial charge in [-0.05, 0) is 46.2 Å². The monoisotopic (exact) mass is 472 g/mol. The Balaban J connectivity index is 1.84. The van der Waals surface area contributed by atoms with Crippen molar-refractivity contribution in [2.24, 2.45) is 0 Å². The summed E-state index contributed by atoms with van der Waals surface area (Å²) in [6.07, 6.45) is 0.289. The number of likely N-dealkylation sites (tertiary alicyclic amines) is 1. The highest BCUT2D eigenvalue weighted by Gasteiger charge is 2.31. The lowest BCUT2D eigenvalue weighted by molar-refractivity contribution is 0.0293. The van der Waals surface area contributed by atoms with Crippen LogP contribution in [-0.4, -0.2) is 65.4 Å². The number of ether oxygens (including phenoxy) is 3. The highest BCUT2D eigenvalue weighted by Crippen LogP contribution is 2.31. The molecular formula is C23H32N6O5.